The van der Waals surface area contributed by atoms with Gasteiger partial charge in [-0.25, -0.2) is 4.79 Å². The van der Waals surface area contributed by atoms with E-state index in [1.54, 1.807) is 13.0 Å². The Bertz CT molecular complexity index is 968. The summed E-state index contributed by atoms with van der Waals surface area (Å²) in [7, 11) is 1.49. The van der Waals surface area contributed by atoms with Crippen molar-refractivity contribution >= 4 is 5.97 Å². The molecule has 0 unspecified atom stereocenters. The molecule has 8 nitrogen and oxygen atoms in total. The number of fused-ring (bicyclic) bond motifs is 5. The number of ether oxygens (including phenoxy) is 4. The summed E-state index contributed by atoms with van der Waals surface area (Å²) in [5.74, 6) is 1.22. The lowest BCUT2D eigenvalue weighted by atomic mass is 9.43. The maximum atomic E-state index is 12.4. The summed E-state index contributed by atoms with van der Waals surface area (Å²) in [6.45, 7) is 6.87. The van der Waals surface area contributed by atoms with Gasteiger partial charge in [0.25, 0.3) is 0 Å². The van der Waals surface area contributed by atoms with E-state index in [-0.39, 0.29) is 34.7 Å². The highest BCUT2D eigenvalue weighted by molar-refractivity contribution is 5.85. The third kappa shape index (κ3) is 3.88. The van der Waals surface area contributed by atoms with Crippen LogP contribution in [0.3, 0.4) is 0 Å². The maximum Gasteiger partial charge on any atom is 0.331 e. The molecule has 38 heavy (non-hydrogen) atoms. The van der Waals surface area contributed by atoms with Crippen LogP contribution < -0.4 is 0 Å². The number of cyclic esters (lactones) is 1. The highest BCUT2D eigenvalue weighted by Gasteiger charge is 2.67. The summed E-state index contributed by atoms with van der Waals surface area (Å²) in [6, 6.07) is 0. The summed E-state index contributed by atoms with van der Waals surface area (Å²) in [5, 5.41) is 33.5. The van der Waals surface area contributed by atoms with Crippen LogP contribution in [-0.2, 0) is 23.7 Å². The van der Waals surface area contributed by atoms with Gasteiger partial charge in [-0.1, -0.05) is 13.8 Å². The fourth-order valence-corrected chi connectivity index (χ4v) is 10.1. The molecule has 8 heteroatoms. The molecule has 0 aromatic heterocycles. The molecule has 5 fully saturated rings. The second kappa shape index (κ2) is 9.52. The topological polar surface area (TPSA) is 115 Å². The molecule has 6 aliphatic rings. The second-order valence-corrected chi connectivity index (χ2v) is 13.7. The predicted molar refractivity (Wildman–Crippen MR) is 138 cm³/mol. The molecule has 4 aliphatic carbocycles. The third-order valence-corrected chi connectivity index (χ3v) is 12.3. The van der Waals surface area contributed by atoms with E-state index >= 15 is 0 Å². The number of methoxy groups -OCH3 is 1. The van der Waals surface area contributed by atoms with Crippen LogP contribution in [-0.4, -0.2) is 77.4 Å². The monoisotopic (exact) mass is 534 g/mol. The molecule has 4 saturated carbocycles. The molecule has 13 atom stereocenters. The number of hydrogen-bond donors (Lipinski definition) is 3. The number of hydrogen-bond acceptors (Lipinski definition) is 8. The van der Waals surface area contributed by atoms with E-state index in [9.17, 15) is 20.1 Å². The largest absolute Gasteiger partial charge is 0.458 e. The molecule has 3 N–H and O–H groups in total. The highest BCUT2D eigenvalue weighted by Crippen LogP contribution is 2.70. The van der Waals surface area contributed by atoms with Gasteiger partial charge in [-0.05, 0) is 99.4 Å². The SMILES string of the molecule is CO[C@H]1[C@H](O)[C@@H](O[C@@H]2CC[C@]3(C)[C@@H](CC[C@H]4[C@H]3CC[C@@]3(C)[C@H](C5=CC(=O)OC5)CC[C@@]43O)C2)O[C@@H](C)[C@H]1O. The fourth-order valence-electron chi connectivity index (χ4n) is 10.1. The Kier molecular flexibility index (Phi) is 6.80. The van der Waals surface area contributed by atoms with Crippen LogP contribution >= 0.6 is 0 Å². The van der Waals surface area contributed by atoms with E-state index in [0.29, 0.717) is 18.4 Å². The van der Waals surface area contributed by atoms with Crippen LogP contribution in [0.15, 0.2) is 11.6 Å². The van der Waals surface area contributed by atoms with Crippen molar-refractivity contribution in [2.45, 2.75) is 121 Å². The number of rotatable bonds is 4. The van der Waals surface area contributed by atoms with E-state index in [4.69, 9.17) is 18.9 Å². The van der Waals surface area contributed by atoms with Gasteiger partial charge in [0, 0.05) is 18.6 Å². The van der Waals surface area contributed by atoms with Gasteiger partial charge in [0.15, 0.2) is 6.29 Å². The molecule has 2 heterocycles. The van der Waals surface area contributed by atoms with Crippen LogP contribution in [0.25, 0.3) is 0 Å². The Balaban J connectivity index is 1.16. The van der Waals surface area contributed by atoms with Crippen molar-refractivity contribution < 1.29 is 39.1 Å². The molecule has 6 rings (SSSR count). The Morgan fingerprint density at radius 1 is 1.00 bits per heavy atom. The number of aliphatic hydroxyl groups is 3. The van der Waals surface area contributed by atoms with Crippen LogP contribution in [0, 0.1) is 34.5 Å². The molecular formula is C30H46O8. The zero-order valence-electron chi connectivity index (χ0n) is 23.3. The lowest BCUT2D eigenvalue weighted by molar-refractivity contribution is -0.313. The van der Waals surface area contributed by atoms with Crippen molar-refractivity contribution in [3.8, 4) is 0 Å². The lowest BCUT2D eigenvalue weighted by Gasteiger charge is -2.64. The molecule has 0 bridgehead atoms. The van der Waals surface area contributed by atoms with Gasteiger partial charge in [-0.3, -0.25) is 0 Å². The number of carbonyl (C=O) groups excluding carboxylic acids is 1. The Morgan fingerprint density at radius 3 is 2.50 bits per heavy atom. The van der Waals surface area contributed by atoms with Crippen LogP contribution in [0.4, 0.5) is 0 Å². The first-order valence-corrected chi connectivity index (χ1v) is 14.8. The maximum absolute atomic E-state index is 12.4. The van der Waals surface area contributed by atoms with Crippen LogP contribution in [0.1, 0.15) is 78.6 Å². The lowest BCUT2D eigenvalue weighted by Crippen LogP contribution is -2.62. The van der Waals surface area contributed by atoms with Gasteiger partial charge in [0.1, 0.15) is 24.9 Å². The summed E-state index contributed by atoms with van der Waals surface area (Å²) < 4.78 is 22.8. The van der Waals surface area contributed by atoms with E-state index in [0.717, 1.165) is 63.4 Å². The molecule has 2 aliphatic heterocycles. The zero-order valence-corrected chi connectivity index (χ0v) is 23.3. The van der Waals surface area contributed by atoms with Crippen LogP contribution in [0.2, 0.25) is 0 Å². The molecule has 0 spiro atoms. The van der Waals surface area contributed by atoms with Crippen LogP contribution in [0.5, 0.6) is 0 Å². The van der Waals surface area contributed by atoms with Crippen molar-refractivity contribution in [1.82, 2.24) is 0 Å². The fraction of sp³-hybridized carbons (Fsp3) is 0.900. The number of carbonyl (C=O) groups is 1. The highest BCUT2D eigenvalue weighted by atomic mass is 16.7. The first kappa shape index (κ1) is 27.2. The average Bonchev–Trinajstić information content (AvgIpc) is 3.43. The normalized spacial score (nSPS) is 54.5. The van der Waals surface area contributed by atoms with Gasteiger partial charge in [0.05, 0.1) is 17.8 Å². The number of aliphatic hydroxyl groups excluding tert-OH is 2. The van der Waals surface area contributed by atoms with Crippen molar-refractivity contribution in [1.29, 1.82) is 0 Å². The molecule has 1 saturated heterocycles. The van der Waals surface area contributed by atoms with Crippen molar-refractivity contribution in [3.05, 3.63) is 11.6 Å². The molecule has 214 valence electrons. The Hall–Kier alpha value is -1.03. The van der Waals surface area contributed by atoms with Gasteiger partial charge in [0.2, 0.25) is 0 Å². The second-order valence-electron chi connectivity index (χ2n) is 13.7. The minimum Gasteiger partial charge on any atom is -0.458 e. The average molecular weight is 535 g/mol. The first-order valence-electron chi connectivity index (χ1n) is 14.8. The summed E-state index contributed by atoms with van der Waals surface area (Å²) in [6.07, 6.45) is 6.45. The minimum atomic E-state index is -1.04. The van der Waals surface area contributed by atoms with Gasteiger partial charge < -0.3 is 34.3 Å². The Labute approximate surface area is 226 Å². The Morgan fingerprint density at radius 2 is 1.79 bits per heavy atom. The molecule has 0 amide bonds. The summed E-state index contributed by atoms with van der Waals surface area (Å²) >= 11 is 0. The van der Waals surface area contributed by atoms with Crippen molar-refractivity contribution in [3.63, 3.8) is 0 Å². The van der Waals surface area contributed by atoms with Gasteiger partial charge >= 0.3 is 5.97 Å². The molecule has 0 aromatic rings. The van der Waals surface area contributed by atoms with E-state index in [2.05, 4.69) is 13.8 Å². The molecule has 0 radical (unpaired) electrons. The third-order valence-electron chi connectivity index (χ3n) is 12.3. The number of esters is 1. The molecule has 0 aromatic carbocycles. The zero-order chi connectivity index (χ0) is 27.0. The van der Waals surface area contributed by atoms with Crippen molar-refractivity contribution in [2.24, 2.45) is 34.5 Å². The van der Waals surface area contributed by atoms with Gasteiger partial charge in [-0.15, -0.1) is 0 Å². The van der Waals surface area contributed by atoms with Gasteiger partial charge in [-0.2, -0.15) is 0 Å². The predicted octanol–water partition coefficient (Wildman–Crippen LogP) is 3.11. The summed E-state index contributed by atoms with van der Waals surface area (Å²) in [5.41, 5.74) is 0.300. The van der Waals surface area contributed by atoms with Crippen molar-refractivity contribution in [2.75, 3.05) is 13.7 Å². The standard InChI is InChI=1S/C30H46O8/c1-16-24(32)26(35-4)25(33)27(37-16)38-19-7-10-28(2)18(14-19)5-6-22-21(28)8-11-29(3)20(9-12-30(22,29)34)17-13-23(31)36-15-17/h13,16,18-22,24-27,32-34H,5-12,14-15H2,1-4H3/t16-,18-,19+,20-,21+,22-,24+,25-,26+,27+,28+,29-,30+/m0/s1. The summed E-state index contributed by atoms with van der Waals surface area (Å²) in [4.78, 5) is 11.8. The smallest absolute Gasteiger partial charge is 0.331 e. The van der Waals surface area contributed by atoms with E-state index < -0.39 is 36.3 Å². The minimum absolute atomic E-state index is 0.0103. The first-order chi connectivity index (χ1) is 18.0. The van der Waals surface area contributed by atoms with E-state index in [1.807, 2.05) is 0 Å². The quantitative estimate of drug-likeness (QED) is 0.372. The van der Waals surface area contributed by atoms with E-state index in [1.165, 1.54) is 7.11 Å². The molecular weight excluding hydrogens is 488 g/mol.